The molecule has 0 atom stereocenters. The fourth-order valence-electron chi connectivity index (χ4n) is 1.75. The van der Waals surface area contributed by atoms with Gasteiger partial charge in [0, 0.05) is 0 Å². The summed E-state index contributed by atoms with van der Waals surface area (Å²) in [6.45, 7) is 1.95. The average molecular weight is 244 g/mol. The van der Waals surface area contributed by atoms with E-state index in [2.05, 4.69) is 6.08 Å². The number of ether oxygens (including phenoxy) is 2. The molecule has 0 aromatic heterocycles. The first-order chi connectivity index (χ1) is 8.70. The molecular formula is C15H16O3. The first-order valence-electron chi connectivity index (χ1n) is 5.94. The van der Waals surface area contributed by atoms with Crippen molar-refractivity contribution in [2.75, 3.05) is 7.11 Å². The Hall–Kier alpha value is -2.03. The number of methoxy groups -OCH3 is 1. The molecule has 1 aromatic carbocycles. The van der Waals surface area contributed by atoms with Crippen LogP contribution in [0.15, 0.2) is 42.2 Å². The summed E-state index contributed by atoms with van der Waals surface area (Å²) >= 11 is 0. The number of carbonyl (C=O) groups excluding carboxylic acids is 1. The maximum atomic E-state index is 11.5. The van der Waals surface area contributed by atoms with Crippen LogP contribution in [0.4, 0.5) is 0 Å². The molecule has 0 saturated carbocycles. The van der Waals surface area contributed by atoms with Crippen molar-refractivity contribution in [3.63, 3.8) is 0 Å². The third kappa shape index (κ3) is 2.80. The summed E-state index contributed by atoms with van der Waals surface area (Å²) in [6.07, 6.45) is 8.11. The predicted octanol–water partition coefficient (Wildman–Crippen LogP) is 3.39. The summed E-state index contributed by atoms with van der Waals surface area (Å²) in [5.74, 6) is 1.16. The number of esters is 1. The van der Waals surface area contributed by atoms with Gasteiger partial charge < -0.3 is 9.47 Å². The van der Waals surface area contributed by atoms with Gasteiger partial charge in [-0.05, 0) is 49.6 Å². The van der Waals surface area contributed by atoms with E-state index in [-0.39, 0.29) is 5.97 Å². The van der Waals surface area contributed by atoms with Crippen molar-refractivity contribution in [2.24, 2.45) is 0 Å². The van der Waals surface area contributed by atoms with Crippen molar-refractivity contribution in [1.29, 1.82) is 0 Å². The lowest BCUT2D eigenvalue weighted by Gasteiger charge is -2.12. The Balaban J connectivity index is 2.23. The fraction of sp³-hybridized carbons (Fsp3) is 0.267. The van der Waals surface area contributed by atoms with Gasteiger partial charge in [-0.1, -0.05) is 12.1 Å². The van der Waals surface area contributed by atoms with Gasteiger partial charge >= 0.3 is 5.97 Å². The standard InChI is InChI=1S/C15H16O3/c1-11-8-9-12(15(16)17-2)10-14(11)18-13-6-4-3-5-7-13/h4,6-10H,3,5H2,1-2H3. The van der Waals surface area contributed by atoms with Crippen LogP contribution in [-0.4, -0.2) is 13.1 Å². The monoisotopic (exact) mass is 244 g/mol. The molecule has 0 fully saturated rings. The van der Waals surface area contributed by atoms with E-state index in [0.717, 1.165) is 24.2 Å². The van der Waals surface area contributed by atoms with Crippen molar-refractivity contribution in [3.05, 3.63) is 53.3 Å². The zero-order valence-electron chi connectivity index (χ0n) is 10.6. The molecule has 0 aliphatic heterocycles. The zero-order chi connectivity index (χ0) is 13.0. The van der Waals surface area contributed by atoms with Crippen molar-refractivity contribution >= 4 is 5.97 Å². The highest BCUT2D eigenvalue weighted by atomic mass is 16.5. The quantitative estimate of drug-likeness (QED) is 0.764. The van der Waals surface area contributed by atoms with Gasteiger partial charge in [0.25, 0.3) is 0 Å². The lowest BCUT2D eigenvalue weighted by molar-refractivity contribution is 0.0600. The predicted molar refractivity (Wildman–Crippen MR) is 69.6 cm³/mol. The number of carbonyl (C=O) groups is 1. The van der Waals surface area contributed by atoms with Gasteiger partial charge in [0.05, 0.1) is 12.7 Å². The van der Waals surface area contributed by atoms with Gasteiger partial charge in [-0.2, -0.15) is 0 Å². The van der Waals surface area contributed by atoms with Crippen molar-refractivity contribution < 1.29 is 14.3 Å². The normalized spacial score (nSPS) is 14.0. The highest BCUT2D eigenvalue weighted by Crippen LogP contribution is 2.24. The lowest BCUT2D eigenvalue weighted by atomic mass is 10.1. The van der Waals surface area contributed by atoms with Gasteiger partial charge in [-0.3, -0.25) is 0 Å². The van der Waals surface area contributed by atoms with Crippen LogP contribution in [-0.2, 0) is 4.74 Å². The number of rotatable bonds is 3. The highest BCUT2D eigenvalue weighted by molar-refractivity contribution is 5.89. The SMILES string of the molecule is COC(=O)c1ccc(C)c(OC2=CCCC=C2)c1. The molecule has 0 unspecified atom stereocenters. The Kier molecular flexibility index (Phi) is 3.82. The number of aryl methyl sites for hydroxylation is 1. The molecule has 0 amide bonds. The Morgan fingerprint density at radius 2 is 2.11 bits per heavy atom. The second-order valence-electron chi connectivity index (χ2n) is 4.16. The largest absolute Gasteiger partial charge is 0.465 e. The van der Waals surface area contributed by atoms with Gasteiger partial charge in [0.2, 0.25) is 0 Å². The minimum absolute atomic E-state index is 0.354. The second-order valence-corrected chi connectivity index (χ2v) is 4.16. The van der Waals surface area contributed by atoms with Gasteiger partial charge in [0.15, 0.2) is 0 Å². The molecule has 0 saturated heterocycles. The van der Waals surface area contributed by atoms with Crippen LogP contribution in [0.25, 0.3) is 0 Å². The summed E-state index contributed by atoms with van der Waals surface area (Å²) in [6, 6.07) is 5.30. The zero-order valence-corrected chi connectivity index (χ0v) is 10.6. The molecule has 1 aliphatic rings. The third-order valence-electron chi connectivity index (χ3n) is 2.80. The van der Waals surface area contributed by atoms with Gasteiger partial charge in [-0.15, -0.1) is 0 Å². The van der Waals surface area contributed by atoms with E-state index in [1.807, 2.05) is 25.1 Å². The number of benzene rings is 1. The lowest BCUT2D eigenvalue weighted by Crippen LogP contribution is -2.03. The van der Waals surface area contributed by atoms with Crippen LogP contribution in [0.5, 0.6) is 5.75 Å². The Labute approximate surface area is 107 Å². The van der Waals surface area contributed by atoms with E-state index in [9.17, 15) is 4.79 Å². The molecule has 2 rings (SSSR count). The maximum absolute atomic E-state index is 11.5. The molecule has 3 heteroatoms. The topological polar surface area (TPSA) is 35.5 Å². The number of allylic oxidation sites excluding steroid dienone is 3. The summed E-state index contributed by atoms with van der Waals surface area (Å²) < 4.78 is 10.5. The molecule has 0 spiro atoms. The van der Waals surface area contributed by atoms with Crippen LogP contribution < -0.4 is 4.74 Å². The Morgan fingerprint density at radius 3 is 2.78 bits per heavy atom. The van der Waals surface area contributed by atoms with Crippen molar-refractivity contribution in [3.8, 4) is 5.75 Å². The smallest absolute Gasteiger partial charge is 0.337 e. The van der Waals surface area contributed by atoms with Gasteiger partial charge in [0.1, 0.15) is 11.5 Å². The summed E-state index contributed by atoms with van der Waals surface area (Å²) in [4.78, 5) is 11.5. The van der Waals surface area contributed by atoms with Crippen LogP contribution in [0, 0.1) is 6.92 Å². The molecule has 1 aliphatic carbocycles. The summed E-state index contributed by atoms with van der Waals surface area (Å²) in [5, 5.41) is 0. The molecule has 94 valence electrons. The van der Waals surface area contributed by atoms with E-state index >= 15 is 0 Å². The van der Waals surface area contributed by atoms with Crippen LogP contribution >= 0.6 is 0 Å². The van der Waals surface area contributed by atoms with Gasteiger partial charge in [-0.25, -0.2) is 4.79 Å². The third-order valence-corrected chi connectivity index (χ3v) is 2.80. The van der Waals surface area contributed by atoms with Crippen molar-refractivity contribution in [1.82, 2.24) is 0 Å². The fourth-order valence-corrected chi connectivity index (χ4v) is 1.75. The van der Waals surface area contributed by atoms with Crippen LogP contribution in [0.2, 0.25) is 0 Å². The Morgan fingerprint density at radius 1 is 1.28 bits per heavy atom. The first kappa shape index (κ1) is 12.4. The van der Waals surface area contributed by atoms with E-state index < -0.39 is 0 Å². The highest BCUT2D eigenvalue weighted by Gasteiger charge is 2.10. The van der Waals surface area contributed by atoms with E-state index in [4.69, 9.17) is 9.47 Å². The minimum Gasteiger partial charge on any atom is -0.465 e. The average Bonchev–Trinajstić information content (AvgIpc) is 2.41. The molecule has 3 nitrogen and oxygen atoms in total. The summed E-state index contributed by atoms with van der Waals surface area (Å²) in [7, 11) is 1.37. The maximum Gasteiger partial charge on any atom is 0.337 e. The van der Waals surface area contributed by atoms with E-state index in [1.165, 1.54) is 7.11 Å². The minimum atomic E-state index is -0.354. The molecule has 18 heavy (non-hydrogen) atoms. The molecule has 1 aromatic rings. The molecule has 0 N–H and O–H groups in total. The van der Waals surface area contributed by atoms with E-state index in [1.54, 1.807) is 12.1 Å². The summed E-state index contributed by atoms with van der Waals surface area (Å²) in [5.41, 5.74) is 1.49. The van der Waals surface area contributed by atoms with Crippen LogP contribution in [0.1, 0.15) is 28.8 Å². The van der Waals surface area contributed by atoms with E-state index in [0.29, 0.717) is 11.3 Å². The molecular weight excluding hydrogens is 228 g/mol. The number of hydrogen-bond acceptors (Lipinski definition) is 3. The molecule has 0 bridgehead atoms. The molecule has 0 heterocycles. The second kappa shape index (κ2) is 5.54. The molecule has 0 radical (unpaired) electrons. The Bertz CT molecular complexity index is 512. The van der Waals surface area contributed by atoms with Crippen LogP contribution in [0.3, 0.4) is 0 Å². The number of hydrogen-bond donors (Lipinski definition) is 0. The van der Waals surface area contributed by atoms with Crippen molar-refractivity contribution in [2.45, 2.75) is 19.8 Å². The first-order valence-corrected chi connectivity index (χ1v) is 5.94.